The molecule has 12 rings (SSSR count). The average molecular weight is 1360 g/mol. The van der Waals surface area contributed by atoms with Gasteiger partial charge in [-0.25, -0.2) is 34.7 Å². The smallest absolute Gasteiger partial charge is 0.870 e. The van der Waals surface area contributed by atoms with Gasteiger partial charge in [0.25, 0.3) is 0 Å². The molecule has 87 heavy (non-hydrogen) atoms. The number of aromatic nitrogens is 9. The molecule has 0 saturated carbocycles. The van der Waals surface area contributed by atoms with Gasteiger partial charge in [-0.15, -0.1) is 0 Å². The van der Waals surface area contributed by atoms with Gasteiger partial charge in [0, 0.05) is 170 Å². The van der Waals surface area contributed by atoms with Crippen molar-refractivity contribution in [1.29, 1.82) is 10.5 Å². The summed E-state index contributed by atoms with van der Waals surface area (Å²) >= 11 is 7.98. The van der Waals surface area contributed by atoms with Crippen molar-refractivity contribution in [2.24, 2.45) is 5.73 Å². The Morgan fingerprint density at radius 1 is 0.540 bits per heavy atom. The molecule has 12 heterocycles. The van der Waals surface area contributed by atoms with E-state index in [2.05, 4.69) is 96.3 Å². The molecule has 9 aromatic heterocycles. The number of carbonyl (C=O) groups excluding carboxylic acids is 1. The minimum Gasteiger partial charge on any atom is -0.870 e. The van der Waals surface area contributed by atoms with Crippen molar-refractivity contribution in [1.82, 2.24) is 44.9 Å². The van der Waals surface area contributed by atoms with E-state index in [1.807, 2.05) is 67.1 Å². The van der Waals surface area contributed by atoms with E-state index in [4.69, 9.17) is 60.7 Å². The van der Waals surface area contributed by atoms with E-state index in [0.717, 1.165) is 159 Å². The van der Waals surface area contributed by atoms with Crippen LogP contribution in [0.4, 0.5) is 55.6 Å². The third-order valence-electron chi connectivity index (χ3n) is 12.0. The summed E-state index contributed by atoms with van der Waals surface area (Å²) in [7, 11) is 0. The van der Waals surface area contributed by atoms with Crippen LogP contribution in [0, 0.1) is 30.2 Å². The Morgan fingerprint density at radius 2 is 0.885 bits per heavy atom. The number of thiazole rings is 3. The van der Waals surface area contributed by atoms with Gasteiger partial charge in [-0.05, 0) is 52.3 Å². The van der Waals surface area contributed by atoms with Gasteiger partial charge in [-0.1, -0.05) is 34.0 Å². The third kappa shape index (κ3) is 21.6. The molecule has 0 unspecified atom stereocenters. The number of anilines is 9. The van der Waals surface area contributed by atoms with Crippen LogP contribution in [0.25, 0.3) is 36.2 Å². The maximum atomic E-state index is 11.3. The molecule has 0 atom stereocenters. The Balaban J connectivity index is 0.000000263. The van der Waals surface area contributed by atoms with Crippen LogP contribution in [0.1, 0.15) is 10.4 Å². The number of amides is 1. The molecule has 0 aliphatic carbocycles. The summed E-state index contributed by atoms with van der Waals surface area (Å²) in [6.07, 6.45) is 20.8. The molecule has 0 bridgehead atoms. The molecule has 8 N–H and O–H groups in total. The van der Waals surface area contributed by atoms with Crippen molar-refractivity contribution in [3.8, 4) is 31.3 Å². The fourth-order valence-electron chi connectivity index (χ4n) is 8.12. The first-order chi connectivity index (χ1) is 41.3. The fourth-order valence-corrected chi connectivity index (χ4v) is 10.9. The van der Waals surface area contributed by atoms with Gasteiger partial charge in [-0.3, -0.25) is 30.3 Å². The number of nitrogens with zero attached hydrogens (tertiary/aromatic N) is 15. The SMILES string of the molecule is Brc1cncc(-c2cnc(Nc3cc(N4CCOCC4)ccn3)s2)c1.NC(=O)c1cncc(-c2cnc(Nc3cc(N4CCOCC4)ccn3)s2)c1.OO.[C-]#N.[C-]#N.[C-]#[N+]c1cncc(-c2cnc(Nc3cc(N4CCOCC4)ccn3)s2)c1.[Na+].[OH-].[Zn+2]. The van der Waals surface area contributed by atoms with Gasteiger partial charge in [-0.2, -0.15) is 0 Å². The van der Waals surface area contributed by atoms with E-state index in [-0.39, 0.29) is 54.5 Å². The third-order valence-corrected chi connectivity index (χ3v) is 15.3. The molecule has 3 aliphatic heterocycles. The Hall–Kier alpha value is -7.61. The number of rotatable bonds is 13. The van der Waals surface area contributed by atoms with Gasteiger partial charge >= 0.3 is 49.0 Å². The van der Waals surface area contributed by atoms with Crippen molar-refractivity contribution in [3.63, 3.8) is 0 Å². The van der Waals surface area contributed by atoms with E-state index in [0.29, 0.717) is 16.4 Å². The number of nitrogens with two attached hydrogens (primary N) is 1. The van der Waals surface area contributed by atoms with Crippen LogP contribution < -0.4 is 65.9 Å². The van der Waals surface area contributed by atoms with E-state index in [9.17, 15) is 4.79 Å². The van der Waals surface area contributed by atoms with Crippen molar-refractivity contribution < 1.29 is 84.0 Å². The number of halogens is 1. The Labute approximate surface area is 556 Å². The number of hydrogen-bond donors (Lipinski definition) is 6. The molecule has 0 radical (unpaired) electrons. The maximum Gasteiger partial charge on any atom is 2.00 e. The zero-order chi connectivity index (χ0) is 59.5. The maximum absolute atomic E-state index is 11.3. The summed E-state index contributed by atoms with van der Waals surface area (Å²) < 4.78 is 17.2. The first-order valence-corrected chi connectivity index (χ1v) is 28.4. The van der Waals surface area contributed by atoms with E-state index >= 15 is 0 Å². The first-order valence-electron chi connectivity index (χ1n) is 25.2. The van der Waals surface area contributed by atoms with Crippen LogP contribution in [0.2, 0.25) is 0 Å². The van der Waals surface area contributed by atoms with E-state index in [1.54, 1.807) is 67.0 Å². The van der Waals surface area contributed by atoms with Crippen LogP contribution in [0.3, 0.4) is 0 Å². The molecule has 9 aromatic rings. The molecule has 3 saturated heterocycles. The summed E-state index contributed by atoms with van der Waals surface area (Å²) in [5.74, 6) is 1.76. The molecular formula is C55H53BrN19NaO7S3Zn. The van der Waals surface area contributed by atoms with Gasteiger partial charge in [0.1, 0.15) is 17.5 Å². The van der Waals surface area contributed by atoms with Crippen LogP contribution in [0.5, 0.6) is 0 Å². The van der Waals surface area contributed by atoms with Gasteiger partial charge in [0.05, 0.1) is 66.4 Å². The normalized spacial score (nSPS) is 12.9. The second-order valence-corrected chi connectivity index (χ2v) is 21.2. The number of hydrogen-bond acceptors (Lipinski definition) is 27. The van der Waals surface area contributed by atoms with Crippen LogP contribution in [0.15, 0.2) is 133 Å². The molecule has 438 valence electrons. The molecule has 1 amide bonds. The standard InChI is InChI=1S/C18H18N6O2S.C18H16N6OS.C17H16BrN5OS.2CN.Na.H2O2.H2O.Zn/c19-17(25)13-7-12(9-20-10-13)15-11-22-18(27-15)23-16-8-14(1-2-21-16)24-3-5-26-6-4-24;1-19-14-8-13(10-20-11-14)16-12-22-18(26-16)23-17-9-15(2-3-21-17)24-4-6-25-7-5-24;18-13-7-12(9-19-10-13)15-11-21-17(25-15)22-16-8-14(1-2-20-16)23-3-5-24-6-4-23;2*1-2;;1-2;;/h1-2,7-11H,3-6H2,(H2,19,25)(H,21,22,23);2-3,8-12H,4-7H2,(H,21,22,23);1-2,7-11H,3-6H2,(H,20,21,22);;;;1-2H;1H2;/q;;;2*-1;+1;;;+2/p-1. The van der Waals surface area contributed by atoms with E-state index < -0.39 is 5.91 Å². The molecule has 32 heteroatoms. The Bertz CT molecular complexity index is 3610. The summed E-state index contributed by atoms with van der Waals surface area (Å²) in [5, 5.41) is 36.6. The van der Waals surface area contributed by atoms with Crippen molar-refractivity contribution in [2.45, 2.75) is 0 Å². The average Bonchev–Trinajstić information content (AvgIpc) is 4.31. The number of pyridine rings is 6. The quantitative estimate of drug-likeness (QED) is 0.0293. The largest absolute Gasteiger partial charge is 2.00 e. The molecule has 0 aromatic carbocycles. The first kappa shape index (κ1) is 71.9. The van der Waals surface area contributed by atoms with Crippen LogP contribution in [-0.2, 0) is 33.7 Å². The van der Waals surface area contributed by atoms with Crippen LogP contribution in [-0.4, -0.2) is 146 Å². The van der Waals surface area contributed by atoms with E-state index in [1.165, 1.54) is 28.9 Å². The molecule has 26 nitrogen and oxygen atoms in total. The van der Waals surface area contributed by atoms with Crippen molar-refractivity contribution >= 4 is 111 Å². The van der Waals surface area contributed by atoms with Crippen LogP contribution >= 0.6 is 49.9 Å². The predicted molar refractivity (Wildman–Crippen MR) is 327 cm³/mol. The Morgan fingerprint density at radius 3 is 1.24 bits per heavy atom. The molecule has 0 spiro atoms. The van der Waals surface area contributed by atoms with Crippen molar-refractivity contribution in [2.75, 3.05) is 110 Å². The minimum absolute atomic E-state index is 0. The summed E-state index contributed by atoms with van der Waals surface area (Å²) in [6.45, 7) is 26.4. The summed E-state index contributed by atoms with van der Waals surface area (Å²) in [4.78, 5) is 63.3. The zero-order valence-electron chi connectivity index (χ0n) is 46.7. The second-order valence-electron chi connectivity index (χ2n) is 17.2. The summed E-state index contributed by atoms with van der Waals surface area (Å²) in [6, 6.07) is 17.6. The number of morpholine rings is 3. The van der Waals surface area contributed by atoms with Gasteiger partial charge in [0.15, 0.2) is 15.4 Å². The van der Waals surface area contributed by atoms with Gasteiger partial charge in [0.2, 0.25) is 11.6 Å². The second kappa shape index (κ2) is 38.5. The predicted octanol–water partition coefficient (Wildman–Crippen LogP) is 6.99. The minimum atomic E-state index is -0.503. The number of nitrogens with one attached hydrogen (secondary N) is 3. The number of ether oxygens (including phenoxy) is 3. The summed E-state index contributed by atoms with van der Waals surface area (Å²) in [5.41, 5.74) is 12.3. The van der Waals surface area contributed by atoms with Crippen molar-refractivity contribution in [3.05, 3.63) is 164 Å². The zero-order valence-corrected chi connectivity index (χ0v) is 55.7. The fraction of sp³-hybridized carbons (Fsp3) is 0.218. The molecule has 3 aliphatic rings. The Kier molecular flexibility index (Phi) is 31.8. The topological polar surface area (TPSA) is 355 Å². The monoisotopic (exact) mass is 1350 g/mol. The van der Waals surface area contributed by atoms with Gasteiger partial charge < -0.3 is 79.7 Å². The molecular weight excluding hydrogens is 1300 g/mol. The molecule has 3 fully saturated rings. The number of primary amides is 1. The number of carbonyl (C=O) groups is 1.